The van der Waals surface area contributed by atoms with E-state index in [-0.39, 0.29) is 0 Å². The van der Waals surface area contributed by atoms with Crippen LogP contribution in [-0.4, -0.2) is 24.1 Å². The molecule has 2 rings (SSSR count). The van der Waals surface area contributed by atoms with Crippen LogP contribution in [0.15, 0.2) is 5.38 Å². The third-order valence-corrected chi connectivity index (χ3v) is 3.87. The number of thiazole rings is 1. The van der Waals surface area contributed by atoms with Gasteiger partial charge in [-0.3, -0.25) is 0 Å². The van der Waals surface area contributed by atoms with Crippen LogP contribution >= 0.6 is 11.3 Å². The maximum atomic E-state index is 5.98. The Kier molecular flexibility index (Phi) is 2.74. The van der Waals surface area contributed by atoms with Crippen LogP contribution in [0, 0.1) is 12.8 Å². The first-order chi connectivity index (χ1) is 6.66. The molecule has 1 fully saturated rings. The van der Waals surface area contributed by atoms with Crippen molar-refractivity contribution in [2.75, 3.05) is 18.0 Å². The quantitative estimate of drug-likeness (QED) is 0.767. The predicted molar refractivity (Wildman–Crippen MR) is 60.8 cm³/mol. The average molecular weight is 211 g/mol. The van der Waals surface area contributed by atoms with E-state index in [1.54, 1.807) is 11.3 Å². The molecule has 0 spiro atoms. The molecule has 2 unspecified atom stereocenters. The summed E-state index contributed by atoms with van der Waals surface area (Å²) >= 11 is 1.73. The van der Waals surface area contributed by atoms with E-state index in [9.17, 15) is 0 Å². The minimum Gasteiger partial charge on any atom is -0.348 e. The van der Waals surface area contributed by atoms with Crippen LogP contribution in [0.2, 0.25) is 0 Å². The molecule has 0 bridgehead atoms. The van der Waals surface area contributed by atoms with Gasteiger partial charge < -0.3 is 10.6 Å². The van der Waals surface area contributed by atoms with Crippen LogP contribution in [0.5, 0.6) is 0 Å². The zero-order chi connectivity index (χ0) is 10.1. The first-order valence-corrected chi connectivity index (χ1v) is 5.97. The summed E-state index contributed by atoms with van der Waals surface area (Å²) in [5.41, 5.74) is 7.10. The normalized spacial score (nSPS) is 28.1. The number of hydrogen-bond acceptors (Lipinski definition) is 4. The van der Waals surface area contributed by atoms with Crippen molar-refractivity contribution in [3.8, 4) is 0 Å². The van der Waals surface area contributed by atoms with Crippen LogP contribution < -0.4 is 10.6 Å². The maximum Gasteiger partial charge on any atom is 0.185 e. The highest BCUT2D eigenvalue weighted by Crippen LogP contribution is 2.25. The van der Waals surface area contributed by atoms with E-state index in [0.717, 1.165) is 30.3 Å². The van der Waals surface area contributed by atoms with E-state index in [4.69, 9.17) is 5.73 Å². The number of hydrogen-bond donors (Lipinski definition) is 1. The van der Waals surface area contributed by atoms with Crippen LogP contribution in [0.25, 0.3) is 0 Å². The zero-order valence-corrected chi connectivity index (χ0v) is 9.55. The molecule has 3 nitrogen and oxygen atoms in total. The molecule has 2 heterocycles. The summed E-state index contributed by atoms with van der Waals surface area (Å²) in [6.07, 6.45) is 1.08. The Morgan fingerprint density at radius 3 is 3.00 bits per heavy atom. The summed E-state index contributed by atoms with van der Waals surface area (Å²) < 4.78 is 0. The fourth-order valence-corrected chi connectivity index (χ4v) is 2.66. The molecule has 1 aliphatic heterocycles. The number of aryl methyl sites for hydroxylation is 1. The number of aromatic nitrogens is 1. The molecule has 0 radical (unpaired) electrons. The molecular weight excluding hydrogens is 194 g/mol. The van der Waals surface area contributed by atoms with E-state index in [2.05, 4.69) is 22.2 Å². The number of nitrogens with two attached hydrogens (primary N) is 1. The third-order valence-electron chi connectivity index (χ3n) is 2.85. The molecule has 0 aromatic carbocycles. The van der Waals surface area contributed by atoms with Crippen molar-refractivity contribution in [2.45, 2.75) is 26.3 Å². The second kappa shape index (κ2) is 3.87. The number of rotatable bonds is 1. The molecule has 2 N–H and O–H groups in total. The van der Waals surface area contributed by atoms with Crippen LogP contribution in [0.3, 0.4) is 0 Å². The summed E-state index contributed by atoms with van der Waals surface area (Å²) in [6.45, 7) is 6.36. The van der Waals surface area contributed by atoms with Gasteiger partial charge in [0.2, 0.25) is 0 Å². The minimum absolute atomic E-state index is 0.368. The summed E-state index contributed by atoms with van der Waals surface area (Å²) in [7, 11) is 0. The Labute approximate surface area is 88.9 Å². The second-order valence-electron chi connectivity index (χ2n) is 4.15. The molecule has 1 aromatic rings. The monoisotopic (exact) mass is 211 g/mol. The van der Waals surface area contributed by atoms with Gasteiger partial charge in [-0.25, -0.2) is 4.98 Å². The largest absolute Gasteiger partial charge is 0.348 e. The lowest BCUT2D eigenvalue weighted by atomic mass is 9.95. The molecule has 78 valence electrons. The Morgan fingerprint density at radius 2 is 2.43 bits per heavy atom. The Hall–Kier alpha value is -0.610. The second-order valence-corrected chi connectivity index (χ2v) is 4.98. The van der Waals surface area contributed by atoms with Crippen molar-refractivity contribution < 1.29 is 0 Å². The molecule has 0 aliphatic carbocycles. The first kappa shape index (κ1) is 9.93. The smallest absolute Gasteiger partial charge is 0.185 e. The van der Waals surface area contributed by atoms with Gasteiger partial charge in [0, 0.05) is 24.5 Å². The molecule has 0 saturated carbocycles. The standard InChI is InChI=1S/C10H17N3S/c1-7-5-13(4-3-9(7)11)10-12-8(2)6-14-10/h6-7,9H,3-5,11H2,1-2H3. The molecule has 0 amide bonds. The van der Waals surface area contributed by atoms with Crippen molar-refractivity contribution in [3.05, 3.63) is 11.1 Å². The predicted octanol–water partition coefficient (Wildman–Crippen LogP) is 1.63. The van der Waals surface area contributed by atoms with Gasteiger partial charge in [0.1, 0.15) is 0 Å². The van der Waals surface area contributed by atoms with Gasteiger partial charge in [-0.15, -0.1) is 11.3 Å². The highest BCUT2D eigenvalue weighted by molar-refractivity contribution is 7.13. The van der Waals surface area contributed by atoms with Gasteiger partial charge in [0.05, 0.1) is 5.69 Å². The topological polar surface area (TPSA) is 42.1 Å². The lowest BCUT2D eigenvalue weighted by Gasteiger charge is -2.34. The maximum absolute atomic E-state index is 5.98. The highest BCUT2D eigenvalue weighted by atomic mass is 32.1. The lowest BCUT2D eigenvalue weighted by Crippen LogP contribution is -2.45. The van der Waals surface area contributed by atoms with Crippen molar-refractivity contribution in [3.63, 3.8) is 0 Å². The molecule has 2 atom stereocenters. The van der Waals surface area contributed by atoms with E-state index in [1.807, 2.05) is 6.92 Å². The van der Waals surface area contributed by atoms with Crippen molar-refractivity contribution >= 4 is 16.5 Å². The Bertz CT molecular complexity index is 310. The van der Waals surface area contributed by atoms with E-state index in [1.165, 1.54) is 0 Å². The van der Waals surface area contributed by atoms with Gasteiger partial charge >= 0.3 is 0 Å². The first-order valence-electron chi connectivity index (χ1n) is 5.09. The fraction of sp³-hybridized carbons (Fsp3) is 0.700. The van der Waals surface area contributed by atoms with Gasteiger partial charge in [0.15, 0.2) is 5.13 Å². The van der Waals surface area contributed by atoms with Gasteiger partial charge in [-0.2, -0.15) is 0 Å². The fourth-order valence-electron chi connectivity index (χ4n) is 1.82. The SMILES string of the molecule is Cc1csc(N2CCC(N)C(C)C2)n1. The number of nitrogens with zero attached hydrogens (tertiary/aromatic N) is 2. The van der Waals surface area contributed by atoms with E-state index < -0.39 is 0 Å². The van der Waals surface area contributed by atoms with Crippen molar-refractivity contribution in [1.29, 1.82) is 0 Å². The summed E-state index contributed by atoms with van der Waals surface area (Å²) in [5.74, 6) is 0.577. The summed E-state index contributed by atoms with van der Waals surface area (Å²) in [6, 6.07) is 0.368. The van der Waals surface area contributed by atoms with Crippen molar-refractivity contribution in [2.24, 2.45) is 11.7 Å². The van der Waals surface area contributed by atoms with Crippen LogP contribution in [-0.2, 0) is 0 Å². The van der Waals surface area contributed by atoms with E-state index in [0.29, 0.717) is 12.0 Å². The minimum atomic E-state index is 0.368. The van der Waals surface area contributed by atoms with Crippen molar-refractivity contribution in [1.82, 2.24) is 4.98 Å². The molecule has 1 aromatic heterocycles. The zero-order valence-electron chi connectivity index (χ0n) is 8.73. The number of piperidine rings is 1. The molecule has 1 saturated heterocycles. The highest BCUT2D eigenvalue weighted by Gasteiger charge is 2.24. The van der Waals surface area contributed by atoms with Crippen LogP contribution in [0.1, 0.15) is 19.0 Å². The Balaban J connectivity index is 2.06. The molecule has 4 heteroatoms. The molecule has 1 aliphatic rings. The molecular formula is C10H17N3S. The van der Waals surface area contributed by atoms with Crippen LogP contribution in [0.4, 0.5) is 5.13 Å². The number of anilines is 1. The van der Waals surface area contributed by atoms with E-state index >= 15 is 0 Å². The third kappa shape index (κ3) is 1.91. The van der Waals surface area contributed by atoms with Gasteiger partial charge in [0.25, 0.3) is 0 Å². The average Bonchev–Trinajstić information content (AvgIpc) is 2.57. The van der Waals surface area contributed by atoms with Gasteiger partial charge in [-0.1, -0.05) is 6.92 Å². The van der Waals surface area contributed by atoms with Gasteiger partial charge in [-0.05, 0) is 19.3 Å². The summed E-state index contributed by atoms with van der Waals surface area (Å²) in [5, 5.41) is 3.26. The summed E-state index contributed by atoms with van der Waals surface area (Å²) in [4.78, 5) is 6.85. The molecule has 14 heavy (non-hydrogen) atoms. The lowest BCUT2D eigenvalue weighted by molar-refractivity contribution is 0.382. The Morgan fingerprint density at radius 1 is 1.64 bits per heavy atom.